The molecular weight excluding hydrogens is 474 g/mol. The van der Waals surface area contributed by atoms with Gasteiger partial charge in [-0.3, -0.25) is 9.69 Å². The molecule has 0 bridgehead atoms. The SMILES string of the molecule is CCOC(=O)COc1cc(/C=C2\SC(=S)N(c3ccc(OC)c(Cl)c3)C2=O)ccc1OC. The van der Waals surface area contributed by atoms with Gasteiger partial charge in [0.05, 0.1) is 36.4 Å². The van der Waals surface area contributed by atoms with Crippen LogP contribution < -0.4 is 19.1 Å². The third-order valence-corrected chi connectivity index (χ3v) is 5.92. The minimum atomic E-state index is -0.487. The Morgan fingerprint density at radius 1 is 1.12 bits per heavy atom. The van der Waals surface area contributed by atoms with Crippen LogP contribution in [0.2, 0.25) is 5.02 Å². The number of methoxy groups -OCH3 is 2. The van der Waals surface area contributed by atoms with E-state index in [2.05, 4.69) is 0 Å². The third kappa shape index (κ3) is 5.35. The summed E-state index contributed by atoms with van der Waals surface area (Å²) in [5, 5.41) is 0.376. The molecule has 0 aliphatic carbocycles. The number of nitrogens with zero attached hydrogens (tertiary/aromatic N) is 1. The molecule has 1 heterocycles. The lowest BCUT2D eigenvalue weighted by Gasteiger charge is -2.15. The number of benzene rings is 2. The molecule has 1 fully saturated rings. The van der Waals surface area contributed by atoms with Gasteiger partial charge in [0.2, 0.25) is 0 Å². The highest BCUT2D eigenvalue weighted by Gasteiger charge is 2.33. The molecule has 0 aromatic heterocycles. The summed E-state index contributed by atoms with van der Waals surface area (Å²) >= 11 is 12.8. The number of esters is 1. The standard InChI is InChI=1S/C22H20ClNO6S2/c1-4-29-20(25)12-30-18-9-13(5-7-17(18)28-3)10-19-21(26)24(22(31)32-19)14-6-8-16(27-2)15(23)11-14/h5-11H,4,12H2,1-3H3/b19-10-. The van der Waals surface area contributed by atoms with Crippen LogP contribution in [-0.2, 0) is 14.3 Å². The molecule has 0 radical (unpaired) electrons. The lowest BCUT2D eigenvalue weighted by molar-refractivity contribution is -0.145. The average molecular weight is 494 g/mol. The number of thiocarbonyl (C=S) groups is 1. The van der Waals surface area contributed by atoms with E-state index in [0.717, 1.165) is 0 Å². The molecule has 0 atom stereocenters. The first-order chi connectivity index (χ1) is 15.4. The van der Waals surface area contributed by atoms with E-state index >= 15 is 0 Å². The van der Waals surface area contributed by atoms with Crippen LogP contribution in [0.3, 0.4) is 0 Å². The maximum Gasteiger partial charge on any atom is 0.344 e. The molecule has 2 aromatic carbocycles. The summed E-state index contributed by atoms with van der Waals surface area (Å²) in [6.45, 7) is 1.73. The first kappa shape index (κ1) is 23.9. The second kappa shape index (κ2) is 10.7. The van der Waals surface area contributed by atoms with Crippen LogP contribution in [-0.4, -0.2) is 43.6 Å². The van der Waals surface area contributed by atoms with Crippen molar-refractivity contribution in [2.75, 3.05) is 32.3 Å². The first-order valence-corrected chi connectivity index (χ1v) is 11.1. The Hall–Kier alpha value is -2.75. The Kier molecular flexibility index (Phi) is 8.00. The van der Waals surface area contributed by atoms with Gasteiger partial charge in [0.25, 0.3) is 5.91 Å². The van der Waals surface area contributed by atoms with E-state index in [1.165, 1.54) is 30.9 Å². The molecule has 168 valence electrons. The van der Waals surface area contributed by atoms with Crippen LogP contribution in [0.1, 0.15) is 12.5 Å². The van der Waals surface area contributed by atoms with Gasteiger partial charge >= 0.3 is 5.97 Å². The number of carbonyl (C=O) groups is 2. The summed E-state index contributed by atoms with van der Waals surface area (Å²) < 4.78 is 21.2. The predicted octanol–water partition coefficient (Wildman–Crippen LogP) is 4.70. The van der Waals surface area contributed by atoms with Crippen molar-refractivity contribution < 1.29 is 28.5 Å². The Morgan fingerprint density at radius 3 is 2.50 bits per heavy atom. The van der Waals surface area contributed by atoms with Crippen molar-refractivity contribution in [2.45, 2.75) is 6.92 Å². The van der Waals surface area contributed by atoms with E-state index in [1.54, 1.807) is 49.4 Å². The molecular formula is C22H20ClNO6S2. The number of thioether (sulfide) groups is 1. The molecule has 7 nitrogen and oxygen atoms in total. The summed E-state index contributed by atoms with van der Waals surface area (Å²) in [4.78, 5) is 26.5. The van der Waals surface area contributed by atoms with Gasteiger partial charge < -0.3 is 18.9 Å². The first-order valence-electron chi connectivity index (χ1n) is 9.45. The molecule has 1 amide bonds. The van der Waals surface area contributed by atoms with Crippen LogP contribution in [0.25, 0.3) is 6.08 Å². The van der Waals surface area contributed by atoms with Gasteiger partial charge in [0, 0.05) is 0 Å². The highest BCUT2D eigenvalue weighted by molar-refractivity contribution is 8.27. The Morgan fingerprint density at radius 2 is 1.84 bits per heavy atom. The molecule has 0 spiro atoms. The summed E-state index contributed by atoms with van der Waals surface area (Å²) in [7, 11) is 3.01. The monoisotopic (exact) mass is 493 g/mol. The van der Waals surface area contributed by atoms with Gasteiger partial charge in [-0.25, -0.2) is 4.79 Å². The van der Waals surface area contributed by atoms with Crippen molar-refractivity contribution in [3.8, 4) is 17.2 Å². The van der Waals surface area contributed by atoms with Gasteiger partial charge in [-0.2, -0.15) is 0 Å². The number of rotatable bonds is 8. The van der Waals surface area contributed by atoms with Crippen LogP contribution in [0.5, 0.6) is 17.2 Å². The largest absolute Gasteiger partial charge is 0.495 e. The molecule has 2 aromatic rings. The quantitative estimate of drug-likeness (QED) is 0.297. The molecule has 0 saturated carbocycles. The van der Waals surface area contributed by atoms with Crippen LogP contribution in [0.4, 0.5) is 5.69 Å². The number of carbonyl (C=O) groups excluding carboxylic acids is 2. The highest BCUT2D eigenvalue weighted by atomic mass is 35.5. The Balaban J connectivity index is 1.84. The molecule has 0 N–H and O–H groups in total. The molecule has 1 aliphatic heterocycles. The Labute approximate surface area is 200 Å². The Bertz CT molecular complexity index is 1090. The van der Waals surface area contributed by atoms with Crippen molar-refractivity contribution in [2.24, 2.45) is 0 Å². The van der Waals surface area contributed by atoms with Gasteiger partial charge in [-0.05, 0) is 48.9 Å². The fourth-order valence-electron chi connectivity index (χ4n) is 2.87. The second-order valence-corrected chi connectivity index (χ2v) is 8.42. The van der Waals surface area contributed by atoms with Crippen molar-refractivity contribution in [3.63, 3.8) is 0 Å². The third-order valence-electron chi connectivity index (χ3n) is 4.32. The van der Waals surface area contributed by atoms with E-state index in [-0.39, 0.29) is 19.1 Å². The molecule has 0 unspecified atom stereocenters. The van der Waals surface area contributed by atoms with Crippen molar-refractivity contribution in [1.29, 1.82) is 0 Å². The normalized spacial score (nSPS) is 14.6. The van der Waals surface area contributed by atoms with E-state index in [4.69, 9.17) is 42.8 Å². The lowest BCUT2D eigenvalue weighted by Crippen LogP contribution is -2.27. The number of amides is 1. The van der Waals surface area contributed by atoms with Crippen LogP contribution >= 0.6 is 35.6 Å². The van der Waals surface area contributed by atoms with Gasteiger partial charge in [-0.1, -0.05) is 41.6 Å². The van der Waals surface area contributed by atoms with Crippen LogP contribution in [0.15, 0.2) is 41.3 Å². The number of hydrogen-bond acceptors (Lipinski definition) is 8. The molecule has 1 aliphatic rings. The van der Waals surface area contributed by atoms with Crippen molar-refractivity contribution in [3.05, 3.63) is 51.9 Å². The van der Waals surface area contributed by atoms with Gasteiger partial charge in [0.15, 0.2) is 22.4 Å². The van der Waals surface area contributed by atoms with E-state index in [0.29, 0.717) is 42.7 Å². The van der Waals surface area contributed by atoms with Gasteiger partial charge in [0.1, 0.15) is 5.75 Å². The fraction of sp³-hybridized carbons (Fsp3) is 0.227. The summed E-state index contributed by atoms with van der Waals surface area (Å²) in [6, 6.07) is 10.2. The summed E-state index contributed by atoms with van der Waals surface area (Å²) in [5.74, 6) is 0.550. The molecule has 32 heavy (non-hydrogen) atoms. The maximum absolute atomic E-state index is 13.0. The number of anilines is 1. The zero-order valence-electron chi connectivity index (χ0n) is 17.5. The maximum atomic E-state index is 13.0. The minimum Gasteiger partial charge on any atom is -0.495 e. The summed E-state index contributed by atoms with van der Waals surface area (Å²) in [6.07, 6.45) is 1.70. The average Bonchev–Trinajstić information content (AvgIpc) is 3.05. The number of halogens is 1. The smallest absolute Gasteiger partial charge is 0.344 e. The zero-order valence-corrected chi connectivity index (χ0v) is 19.9. The van der Waals surface area contributed by atoms with E-state index < -0.39 is 5.97 Å². The van der Waals surface area contributed by atoms with Crippen LogP contribution in [0, 0.1) is 0 Å². The zero-order chi connectivity index (χ0) is 23.3. The van der Waals surface area contributed by atoms with Crippen molar-refractivity contribution in [1.82, 2.24) is 0 Å². The molecule has 3 rings (SSSR count). The van der Waals surface area contributed by atoms with Crippen molar-refractivity contribution >= 4 is 63.5 Å². The number of hydrogen-bond donors (Lipinski definition) is 0. The molecule has 10 heteroatoms. The lowest BCUT2D eigenvalue weighted by atomic mass is 10.1. The molecule has 1 saturated heterocycles. The van der Waals surface area contributed by atoms with Gasteiger partial charge in [-0.15, -0.1) is 0 Å². The predicted molar refractivity (Wildman–Crippen MR) is 129 cm³/mol. The second-order valence-electron chi connectivity index (χ2n) is 6.34. The van der Waals surface area contributed by atoms with E-state index in [1.807, 2.05) is 0 Å². The number of ether oxygens (including phenoxy) is 4. The highest BCUT2D eigenvalue weighted by Crippen LogP contribution is 2.39. The summed E-state index contributed by atoms with van der Waals surface area (Å²) in [5.41, 5.74) is 1.23. The minimum absolute atomic E-state index is 0.256. The topological polar surface area (TPSA) is 74.3 Å². The van der Waals surface area contributed by atoms with E-state index in [9.17, 15) is 9.59 Å². The fourth-order valence-corrected chi connectivity index (χ4v) is 4.42.